The van der Waals surface area contributed by atoms with E-state index in [1.165, 1.54) is 0 Å². The third kappa shape index (κ3) is 2.52. The molecule has 60 valence electrons. The van der Waals surface area contributed by atoms with Gasteiger partial charge in [0.25, 0.3) is 0 Å². The van der Waals surface area contributed by atoms with Crippen LogP contribution in [0.15, 0.2) is 11.0 Å². The Balaban J connectivity index is 4.50. The van der Waals surface area contributed by atoms with Crippen molar-refractivity contribution >= 4 is 9.84 Å². The Kier molecular flexibility index (Phi) is 3.64. The van der Waals surface area contributed by atoms with Gasteiger partial charge in [0.05, 0.1) is 5.75 Å². The Bertz CT molecular complexity index is 212. The van der Waals surface area contributed by atoms with Crippen LogP contribution < -0.4 is 0 Å². The molecule has 0 spiro atoms. The van der Waals surface area contributed by atoms with E-state index in [1.807, 2.05) is 6.92 Å². The molecular formula is C7H14O2S. The van der Waals surface area contributed by atoms with Crippen LogP contribution in [-0.4, -0.2) is 14.2 Å². The van der Waals surface area contributed by atoms with Crippen LogP contribution in [0.5, 0.6) is 0 Å². The molecule has 0 radical (unpaired) electrons. The fourth-order valence-electron chi connectivity index (χ4n) is 0.642. The van der Waals surface area contributed by atoms with E-state index in [0.717, 1.165) is 6.42 Å². The van der Waals surface area contributed by atoms with Crippen molar-refractivity contribution in [2.45, 2.75) is 27.2 Å². The maximum absolute atomic E-state index is 11.0. The van der Waals surface area contributed by atoms with Crippen LogP contribution in [0, 0.1) is 0 Å². The summed E-state index contributed by atoms with van der Waals surface area (Å²) in [5.41, 5.74) is 0. The van der Waals surface area contributed by atoms with Crippen LogP contribution >= 0.6 is 0 Å². The topological polar surface area (TPSA) is 34.1 Å². The summed E-state index contributed by atoms with van der Waals surface area (Å²) < 4.78 is 22.0. The molecule has 0 aromatic rings. The van der Waals surface area contributed by atoms with Gasteiger partial charge < -0.3 is 0 Å². The number of sulfone groups is 1. The van der Waals surface area contributed by atoms with E-state index >= 15 is 0 Å². The Hall–Kier alpha value is -0.310. The van der Waals surface area contributed by atoms with Crippen LogP contribution in [0.3, 0.4) is 0 Å². The molecule has 0 aliphatic rings. The minimum Gasteiger partial charge on any atom is -0.224 e. The normalized spacial score (nSPS) is 13.7. The molecule has 0 saturated heterocycles. The summed E-state index contributed by atoms with van der Waals surface area (Å²) >= 11 is 0. The molecule has 0 rings (SSSR count). The second-order valence-corrected chi connectivity index (χ2v) is 4.58. The summed E-state index contributed by atoms with van der Waals surface area (Å²) in [7, 11) is -2.90. The lowest BCUT2D eigenvalue weighted by atomic mass is 10.4. The van der Waals surface area contributed by atoms with Gasteiger partial charge in [0, 0.05) is 4.91 Å². The molecular weight excluding hydrogens is 148 g/mol. The van der Waals surface area contributed by atoms with Gasteiger partial charge in [-0.15, -0.1) is 0 Å². The number of rotatable bonds is 3. The number of allylic oxidation sites excluding steroid dienone is 2. The van der Waals surface area contributed by atoms with E-state index < -0.39 is 9.84 Å². The minimum absolute atomic E-state index is 0.204. The molecule has 10 heavy (non-hydrogen) atoms. The van der Waals surface area contributed by atoms with Gasteiger partial charge in [-0.3, -0.25) is 0 Å². The van der Waals surface area contributed by atoms with Gasteiger partial charge >= 0.3 is 0 Å². The van der Waals surface area contributed by atoms with Gasteiger partial charge in [-0.25, -0.2) is 8.42 Å². The summed E-state index contributed by atoms with van der Waals surface area (Å²) in [5.74, 6) is 0.204. The lowest BCUT2D eigenvalue weighted by Gasteiger charge is -1.98. The third-order valence-corrected chi connectivity index (χ3v) is 3.27. The molecule has 0 saturated carbocycles. The molecule has 0 unspecified atom stereocenters. The molecule has 0 fully saturated rings. The maximum atomic E-state index is 11.0. The van der Waals surface area contributed by atoms with E-state index in [2.05, 4.69) is 0 Å². The van der Waals surface area contributed by atoms with E-state index in [0.29, 0.717) is 4.91 Å². The van der Waals surface area contributed by atoms with E-state index in [1.54, 1.807) is 19.9 Å². The molecule has 0 aliphatic heterocycles. The number of hydrogen-bond donors (Lipinski definition) is 0. The summed E-state index contributed by atoms with van der Waals surface area (Å²) in [5, 5.41) is 0. The molecule has 2 nitrogen and oxygen atoms in total. The van der Waals surface area contributed by atoms with Crippen LogP contribution in [0.1, 0.15) is 27.2 Å². The highest BCUT2D eigenvalue weighted by Gasteiger charge is 2.07. The smallest absolute Gasteiger partial charge is 0.173 e. The first-order valence-electron chi connectivity index (χ1n) is 3.44. The fourth-order valence-corrected chi connectivity index (χ4v) is 1.52. The second kappa shape index (κ2) is 3.76. The van der Waals surface area contributed by atoms with Crippen LogP contribution in [-0.2, 0) is 9.84 Å². The average molecular weight is 162 g/mol. The standard InChI is InChI=1S/C7H14O2S/c1-4-6-7(3)10(8,9)5-2/h6H,4-5H2,1-3H3/b7-6-. The quantitative estimate of drug-likeness (QED) is 0.633. The first-order valence-corrected chi connectivity index (χ1v) is 5.09. The van der Waals surface area contributed by atoms with E-state index in [9.17, 15) is 8.42 Å². The Morgan fingerprint density at radius 3 is 2.20 bits per heavy atom. The zero-order chi connectivity index (χ0) is 8.20. The fraction of sp³-hybridized carbons (Fsp3) is 0.714. The van der Waals surface area contributed by atoms with Crippen molar-refractivity contribution in [3.63, 3.8) is 0 Å². The first kappa shape index (κ1) is 9.69. The number of hydrogen-bond acceptors (Lipinski definition) is 2. The maximum Gasteiger partial charge on any atom is 0.173 e. The Morgan fingerprint density at radius 2 is 1.90 bits per heavy atom. The Morgan fingerprint density at radius 1 is 1.40 bits per heavy atom. The van der Waals surface area contributed by atoms with Crippen molar-refractivity contribution in [2.24, 2.45) is 0 Å². The van der Waals surface area contributed by atoms with Crippen molar-refractivity contribution < 1.29 is 8.42 Å². The lowest BCUT2D eigenvalue weighted by molar-refractivity contribution is 0.603. The SMILES string of the molecule is CC/C=C(/C)S(=O)(=O)CC. The van der Waals surface area contributed by atoms with Crippen molar-refractivity contribution in [3.05, 3.63) is 11.0 Å². The molecule has 0 aliphatic carbocycles. The molecule has 0 atom stereocenters. The predicted octanol–water partition coefficient (Wildman–Crippen LogP) is 1.73. The summed E-state index contributed by atoms with van der Waals surface area (Å²) in [6, 6.07) is 0. The van der Waals surface area contributed by atoms with E-state index in [-0.39, 0.29) is 5.75 Å². The highest BCUT2D eigenvalue weighted by Crippen LogP contribution is 2.06. The van der Waals surface area contributed by atoms with Gasteiger partial charge in [-0.05, 0) is 13.3 Å². The van der Waals surface area contributed by atoms with Crippen molar-refractivity contribution in [1.29, 1.82) is 0 Å². The zero-order valence-electron chi connectivity index (χ0n) is 6.72. The van der Waals surface area contributed by atoms with Crippen molar-refractivity contribution in [1.82, 2.24) is 0 Å². The predicted molar refractivity (Wildman–Crippen MR) is 43.5 cm³/mol. The minimum atomic E-state index is -2.90. The summed E-state index contributed by atoms with van der Waals surface area (Å²) in [6.07, 6.45) is 2.52. The molecule has 0 bridgehead atoms. The molecule has 0 heterocycles. The molecule has 0 N–H and O–H groups in total. The molecule has 0 aromatic carbocycles. The summed E-state index contributed by atoms with van der Waals surface area (Å²) in [4.78, 5) is 0.498. The summed E-state index contributed by atoms with van der Waals surface area (Å²) in [6.45, 7) is 5.22. The third-order valence-electron chi connectivity index (χ3n) is 1.36. The van der Waals surface area contributed by atoms with Gasteiger partial charge in [-0.2, -0.15) is 0 Å². The van der Waals surface area contributed by atoms with Gasteiger partial charge in [-0.1, -0.05) is 19.9 Å². The van der Waals surface area contributed by atoms with Gasteiger partial charge in [0.1, 0.15) is 0 Å². The van der Waals surface area contributed by atoms with Gasteiger partial charge in [0.15, 0.2) is 9.84 Å². The van der Waals surface area contributed by atoms with Crippen molar-refractivity contribution in [3.8, 4) is 0 Å². The lowest BCUT2D eigenvalue weighted by Crippen LogP contribution is -2.03. The van der Waals surface area contributed by atoms with Crippen LogP contribution in [0.4, 0.5) is 0 Å². The second-order valence-electron chi connectivity index (χ2n) is 2.13. The average Bonchev–Trinajstić information content (AvgIpc) is 1.89. The Labute approximate surface area is 62.9 Å². The van der Waals surface area contributed by atoms with Gasteiger partial charge in [0.2, 0.25) is 0 Å². The largest absolute Gasteiger partial charge is 0.224 e. The zero-order valence-corrected chi connectivity index (χ0v) is 7.53. The highest BCUT2D eigenvalue weighted by atomic mass is 32.2. The van der Waals surface area contributed by atoms with Crippen LogP contribution in [0.2, 0.25) is 0 Å². The monoisotopic (exact) mass is 162 g/mol. The molecule has 0 amide bonds. The molecule has 3 heteroatoms. The first-order chi connectivity index (χ1) is 4.54. The van der Waals surface area contributed by atoms with Crippen molar-refractivity contribution in [2.75, 3.05) is 5.75 Å². The van der Waals surface area contributed by atoms with Crippen LogP contribution in [0.25, 0.3) is 0 Å². The highest BCUT2D eigenvalue weighted by molar-refractivity contribution is 7.95. The van der Waals surface area contributed by atoms with E-state index in [4.69, 9.17) is 0 Å². The molecule has 0 aromatic heterocycles.